The van der Waals surface area contributed by atoms with E-state index in [2.05, 4.69) is 62.3 Å². The van der Waals surface area contributed by atoms with Crippen molar-refractivity contribution in [1.82, 2.24) is 0 Å². The van der Waals surface area contributed by atoms with Gasteiger partial charge in [0, 0.05) is 0 Å². The summed E-state index contributed by atoms with van der Waals surface area (Å²) in [6, 6.07) is 0. The fraction of sp³-hybridized carbons (Fsp3) is 1.00. The molecule has 0 heteroatoms. The van der Waals surface area contributed by atoms with Gasteiger partial charge in [-0.15, -0.1) is 0 Å². The Morgan fingerprint density at radius 3 is 1.97 bits per heavy atom. The minimum absolute atomic E-state index is 0.725. The SMILES string of the molecule is CCCCC12CC(C(CC)C(CCCC(CC)C(C)C)CCC(C)C)C1(CC)C2C. The first-order valence-corrected chi connectivity index (χ1v) is 14.2. The van der Waals surface area contributed by atoms with E-state index in [1.807, 2.05) is 0 Å². The Labute approximate surface area is 191 Å². The average Bonchev–Trinajstić information content (AvgIpc) is 3.10. The van der Waals surface area contributed by atoms with E-state index in [1.165, 1.54) is 70.6 Å². The molecular formula is C30H58. The number of unbranched alkanes of at least 4 members (excludes halogenated alkanes) is 1. The zero-order valence-corrected chi connectivity index (χ0v) is 22.5. The molecule has 0 bridgehead atoms. The third kappa shape index (κ3) is 4.83. The van der Waals surface area contributed by atoms with Crippen molar-refractivity contribution < 1.29 is 0 Å². The van der Waals surface area contributed by atoms with Crippen LogP contribution in [-0.4, -0.2) is 0 Å². The van der Waals surface area contributed by atoms with Gasteiger partial charge in [0.25, 0.3) is 0 Å². The molecule has 0 saturated heterocycles. The summed E-state index contributed by atoms with van der Waals surface area (Å²) >= 11 is 0. The second kappa shape index (κ2) is 11.2. The molecule has 0 N–H and O–H groups in total. The van der Waals surface area contributed by atoms with Crippen LogP contribution < -0.4 is 0 Å². The van der Waals surface area contributed by atoms with Crippen molar-refractivity contribution in [1.29, 1.82) is 0 Å². The maximum Gasteiger partial charge on any atom is -0.0178 e. The molecule has 2 aliphatic carbocycles. The molecule has 30 heavy (non-hydrogen) atoms. The molecule has 7 atom stereocenters. The smallest absolute Gasteiger partial charge is 0.0178 e. The number of fused-ring (bicyclic) bond motifs is 1. The summed E-state index contributed by atoms with van der Waals surface area (Å²) < 4.78 is 0. The van der Waals surface area contributed by atoms with E-state index in [1.54, 1.807) is 6.42 Å². The molecule has 0 aliphatic heterocycles. The molecule has 2 rings (SSSR count). The van der Waals surface area contributed by atoms with Crippen molar-refractivity contribution in [3.63, 3.8) is 0 Å². The molecule has 0 heterocycles. The Morgan fingerprint density at radius 1 is 0.800 bits per heavy atom. The molecule has 0 aromatic carbocycles. The predicted octanol–water partition coefficient (Wildman–Crippen LogP) is 10.2. The van der Waals surface area contributed by atoms with E-state index in [4.69, 9.17) is 0 Å². The van der Waals surface area contributed by atoms with Crippen LogP contribution in [0.1, 0.15) is 139 Å². The predicted molar refractivity (Wildman–Crippen MR) is 136 cm³/mol. The molecule has 178 valence electrons. The van der Waals surface area contributed by atoms with E-state index in [9.17, 15) is 0 Å². The number of rotatable bonds is 16. The van der Waals surface area contributed by atoms with E-state index < -0.39 is 0 Å². The van der Waals surface area contributed by atoms with Gasteiger partial charge in [-0.1, -0.05) is 114 Å². The van der Waals surface area contributed by atoms with Crippen molar-refractivity contribution in [2.45, 2.75) is 139 Å². The van der Waals surface area contributed by atoms with Crippen molar-refractivity contribution in [2.24, 2.45) is 52.3 Å². The lowest BCUT2D eigenvalue weighted by molar-refractivity contribution is -0.0162. The Hall–Kier alpha value is 0. The highest BCUT2D eigenvalue weighted by molar-refractivity contribution is 5.30. The van der Waals surface area contributed by atoms with E-state index in [-0.39, 0.29) is 0 Å². The monoisotopic (exact) mass is 418 g/mol. The van der Waals surface area contributed by atoms with Crippen LogP contribution in [0.25, 0.3) is 0 Å². The lowest BCUT2D eigenvalue weighted by Gasteiger charge is -2.50. The highest BCUT2D eigenvalue weighted by atomic mass is 14.9. The summed E-state index contributed by atoms with van der Waals surface area (Å²) in [6.45, 7) is 22.2. The molecular weight excluding hydrogens is 360 g/mol. The normalized spacial score (nSPS) is 33.3. The van der Waals surface area contributed by atoms with Gasteiger partial charge in [0.2, 0.25) is 0 Å². The van der Waals surface area contributed by atoms with Crippen molar-refractivity contribution in [3.05, 3.63) is 0 Å². The van der Waals surface area contributed by atoms with Crippen LogP contribution in [0.2, 0.25) is 0 Å². The number of hydrogen-bond acceptors (Lipinski definition) is 0. The maximum absolute atomic E-state index is 2.63. The zero-order valence-electron chi connectivity index (χ0n) is 22.5. The Morgan fingerprint density at radius 2 is 1.47 bits per heavy atom. The maximum atomic E-state index is 2.63. The molecule has 0 aromatic rings. The van der Waals surface area contributed by atoms with Crippen LogP contribution in [0, 0.1) is 52.3 Å². The molecule has 0 radical (unpaired) electrons. The number of hydrogen-bond donors (Lipinski definition) is 0. The van der Waals surface area contributed by atoms with Gasteiger partial charge in [-0.25, -0.2) is 0 Å². The zero-order chi connectivity index (χ0) is 22.5. The molecule has 0 nitrogen and oxygen atoms in total. The summed E-state index contributed by atoms with van der Waals surface area (Å²) in [7, 11) is 0. The van der Waals surface area contributed by atoms with Gasteiger partial charge in [-0.05, 0) is 77.9 Å². The van der Waals surface area contributed by atoms with Crippen LogP contribution in [0.5, 0.6) is 0 Å². The van der Waals surface area contributed by atoms with E-state index in [0.29, 0.717) is 0 Å². The lowest BCUT2D eigenvalue weighted by Crippen LogP contribution is -2.43. The first-order valence-electron chi connectivity index (χ1n) is 14.2. The fourth-order valence-electron chi connectivity index (χ4n) is 8.65. The van der Waals surface area contributed by atoms with E-state index in [0.717, 1.165) is 52.3 Å². The minimum Gasteiger partial charge on any atom is -0.0654 e. The molecule has 0 amide bonds. The Bertz CT molecular complexity index is 490. The highest BCUT2D eigenvalue weighted by Gasteiger charge is 2.82. The van der Waals surface area contributed by atoms with Crippen LogP contribution in [0.4, 0.5) is 0 Å². The van der Waals surface area contributed by atoms with Crippen molar-refractivity contribution in [2.75, 3.05) is 0 Å². The van der Waals surface area contributed by atoms with Crippen LogP contribution >= 0.6 is 0 Å². The first kappa shape index (κ1) is 26.3. The second-order valence-corrected chi connectivity index (χ2v) is 12.3. The highest BCUT2D eigenvalue weighted by Crippen LogP contribution is 2.88. The minimum atomic E-state index is 0.725. The van der Waals surface area contributed by atoms with E-state index >= 15 is 0 Å². The molecule has 7 unspecified atom stereocenters. The van der Waals surface area contributed by atoms with Crippen LogP contribution in [0.3, 0.4) is 0 Å². The van der Waals surface area contributed by atoms with Gasteiger partial charge < -0.3 is 0 Å². The largest absolute Gasteiger partial charge is 0.0654 e. The Kier molecular flexibility index (Phi) is 9.83. The summed E-state index contributed by atoms with van der Waals surface area (Å²) in [5, 5.41) is 0. The van der Waals surface area contributed by atoms with Gasteiger partial charge in [-0.2, -0.15) is 0 Å². The summed E-state index contributed by atoms with van der Waals surface area (Å²) in [6.07, 6.45) is 17.5. The molecule has 2 saturated carbocycles. The van der Waals surface area contributed by atoms with Crippen LogP contribution in [-0.2, 0) is 0 Å². The second-order valence-electron chi connectivity index (χ2n) is 12.3. The van der Waals surface area contributed by atoms with Crippen molar-refractivity contribution in [3.8, 4) is 0 Å². The quantitative estimate of drug-likeness (QED) is 0.234. The third-order valence-corrected chi connectivity index (χ3v) is 10.6. The molecule has 2 aliphatic rings. The van der Waals surface area contributed by atoms with Gasteiger partial charge in [0.15, 0.2) is 0 Å². The summed E-state index contributed by atoms with van der Waals surface area (Å²) in [5.74, 6) is 6.64. The van der Waals surface area contributed by atoms with Gasteiger partial charge >= 0.3 is 0 Å². The third-order valence-electron chi connectivity index (χ3n) is 10.6. The van der Waals surface area contributed by atoms with Gasteiger partial charge in [0.05, 0.1) is 0 Å². The average molecular weight is 419 g/mol. The van der Waals surface area contributed by atoms with Crippen molar-refractivity contribution >= 4 is 0 Å². The fourth-order valence-corrected chi connectivity index (χ4v) is 8.65. The summed E-state index contributed by atoms with van der Waals surface area (Å²) in [5.41, 5.74) is 1.48. The Balaban J connectivity index is 2.08. The topological polar surface area (TPSA) is 0 Å². The van der Waals surface area contributed by atoms with Crippen LogP contribution in [0.15, 0.2) is 0 Å². The standard InChI is InChI=1S/C30H58/c1-10-14-20-29-21-28(30(29,13-4)24(29)9)27(12-3)26(19-18-22(5)6)17-15-16-25(11-2)23(7)8/h22-28H,10-21H2,1-9H3. The molecule has 2 fully saturated rings. The summed E-state index contributed by atoms with van der Waals surface area (Å²) in [4.78, 5) is 0. The molecule has 0 aromatic heterocycles. The lowest BCUT2D eigenvalue weighted by atomic mass is 9.54. The first-order chi connectivity index (χ1) is 14.2. The molecule has 0 spiro atoms. The van der Waals surface area contributed by atoms with Gasteiger partial charge in [0.1, 0.15) is 0 Å². The van der Waals surface area contributed by atoms with Gasteiger partial charge in [-0.3, -0.25) is 0 Å².